The fraction of sp³-hybridized carbons (Fsp3) is 0.292. The summed E-state index contributed by atoms with van der Waals surface area (Å²) in [6.45, 7) is 4.56. The quantitative estimate of drug-likeness (QED) is 0.283. The molecular formula is C24H23ClF4N8O2. The number of carbonyl (C=O) groups is 1. The van der Waals surface area contributed by atoms with Gasteiger partial charge in [-0.05, 0) is 39.0 Å². The Morgan fingerprint density at radius 2 is 1.69 bits per heavy atom. The predicted octanol–water partition coefficient (Wildman–Crippen LogP) is 5.44. The number of pyridine rings is 1. The van der Waals surface area contributed by atoms with Crippen molar-refractivity contribution in [2.75, 3.05) is 23.0 Å². The molecule has 1 aromatic carbocycles. The highest BCUT2D eigenvalue weighted by Gasteiger charge is 2.41. The largest absolute Gasteiger partial charge is 0.435 e. The Labute approximate surface area is 224 Å². The zero-order valence-electron chi connectivity index (χ0n) is 21.3. The van der Waals surface area contributed by atoms with Crippen molar-refractivity contribution >= 4 is 46.0 Å². The number of rotatable bonds is 4. The maximum absolute atomic E-state index is 14.8. The predicted molar refractivity (Wildman–Crippen MR) is 140 cm³/mol. The molecule has 0 aliphatic carbocycles. The first-order valence-electron chi connectivity index (χ1n) is 11.4. The maximum atomic E-state index is 14.8. The van der Waals surface area contributed by atoms with Gasteiger partial charge in [0.2, 0.25) is 5.95 Å². The Hall–Kier alpha value is -4.20. The molecule has 206 valence electrons. The number of alkyl halides is 3. The van der Waals surface area contributed by atoms with Crippen LogP contribution in [-0.2, 0) is 18.8 Å². The molecule has 4 aromatic rings. The second-order valence-corrected chi connectivity index (χ2v) is 9.93. The molecule has 0 unspecified atom stereocenters. The van der Waals surface area contributed by atoms with Crippen LogP contribution in [0.15, 0.2) is 35.4 Å². The van der Waals surface area contributed by atoms with Crippen molar-refractivity contribution in [2.45, 2.75) is 32.5 Å². The average molecular weight is 567 g/mol. The highest BCUT2D eigenvalue weighted by Crippen LogP contribution is 2.38. The molecule has 2 amide bonds. The van der Waals surface area contributed by atoms with Gasteiger partial charge in [0.15, 0.2) is 5.69 Å². The lowest BCUT2D eigenvalue weighted by molar-refractivity contribution is -0.145. The van der Waals surface area contributed by atoms with E-state index in [0.717, 1.165) is 23.0 Å². The highest BCUT2D eigenvalue weighted by molar-refractivity contribution is 6.33. The fourth-order valence-electron chi connectivity index (χ4n) is 3.91. The van der Waals surface area contributed by atoms with Crippen molar-refractivity contribution in [3.05, 3.63) is 57.5 Å². The summed E-state index contributed by atoms with van der Waals surface area (Å²) in [6.07, 6.45) is -2.49. The molecule has 15 heteroatoms. The summed E-state index contributed by atoms with van der Waals surface area (Å²) in [6, 6.07) is 2.30. The van der Waals surface area contributed by atoms with Gasteiger partial charge in [-0.15, -0.1) is 0 Å². The number of hydrogen-bond acceptors (Lipinski definition) is 6. The van der Waals surface area contributed by atoms with Gasteiger partial charge >= 0.3 is 12.2 Å². The van der Waals surface area contributed by atoms with E-state index < -0.39 is 46.2 Å². The molecule has 0 aliphatic heterocycles. The molecule has 0 spiro atoms. The molecule has 0 bridgehead atoms. The van der Waals surface area contributed by atoms with E-state index in [1.807, 2.05) is 0 Å². The van der Waals surface area contributed by atoms with Crippen LogP contribution in [0.1, 0.15) is 26.5 Å². The third-order valence-electron chi connectivity index (χ3n) is 5.69. The van der Waals surface area contributed by atoms with Gasteiger partial charge in [0.25, 0.3) is 5.56 Å². The lowest BCUT2D eigenvalue weighted by Gasteiger charge is -2.24. The Balaban J connectivity index is 1.71. The van der Waals surface area contributed by atoms with Crippen molar-refractivity contribution in [2.24, 2.45) is 7.05 Å². The molecule has 0 fully saturated rings. The second-order valence-electron chi connectivity index (χ2n) is 9.52. The Kier molecular flexibility index (Phi) is 7.02. The van der Waals surface area contributed by atoms with Crippen LogP contribution in [0.25, 0.3) is 22.2 Å². The summed E-state index contributed by atoms with van der Waals surface area (Å²) in [5.41, 5.74) is -3.31. The molecule has 0 aliphatic rings. The monoisotopic (exact) mass is 566 g/mol. The molecule has 3 aromatic heterocycles. The van der Waals surface area contributed by atoms with Crippen LogP contribution in [0.4, 0.5) is 39.7 Å². The number of benzene rings is 1. The summed E-state index contributed by atoms with van der Waals surface area (Å²) < 4.78 is 58.1. The van der Waals surface area contributed by atoms with Crippen LogP contribution in [-0.4, -0.2) is 37.4 Å². The number of hydrogen-bond donors (Lipinski definition) is 3. The average Bonchev–Trinajstić information content (AvgIpc) is 3.28. The molecule has 0 radical (unpaired) electrons. The first-order chi connectivity index (χ1) is 18.1. The number of amides is 2. The summed E-state index contributed by atoms with van der Waals surface area (Å²) >= 11 is 6.25. The number of urea groups is 1. The summed E-state index contributed by atoms with van der Waals surface area (Å²) in [7, 11) is 3.11. The van der Waals surface area contributed by atoms with E-state index in [4.69, 9.17) is 11.6 Å². The molecule has 0 saturated heterocycles. The molecule has 0 saturated carbocycles. The van der Waals surface area contributed by atoms with Crippen molar-refractivity contribution < 1.29 is 22.4 Å². The highest BCUT2D eigenvalue weighted by atomic mass is 35.5. The molecule has 3 heterocycles. The number of carbonyl (C=O) groups excluding carboxylic acids is 1. The van der Waals surface area contributed by atoms with Crippen LogP contribution in [0.5, 0.6) is 0 Å². The number of fused-ring (bicyclic) bond motifs is 1. The van der Waals surface area contributed by atoms with Gasteiger partial charge in [-0.2, -0.15) is 23.3 Å². The number of halogens is 5. The van der Waals surface area contributed by atoms with Crippen molar-refractivity contribution in [1.82, 2.24) is 24.3 Å². The number of nitrogens with one attached hydrogen (secondary N) is 3. The van der Waals surface area contributed by atoms with Gasteiger partial charge < -0.3 is 16.0 Å². The molecule has 3 N–H and O–H groups in total. The van der Waals surface area contributed by atoms with Gasteiger partial charge in [0.05, 0.1) is 28.1 Å². The van der Waals surface area contributed by atoms with Crippen LogP contribution in [0.3, 0.4) is 0 Å². The van der Waals surface area contributed by atoms with Crippen LogP contribution in [0, 0.1) is 5.82 Å². The van der Waals surface area contributed by atoms with Crippen molar-refractivity contribution in [3.63, 3.8) is 0 Å². The minimum Gasteiger partial charge on any atom is -0.357 e. The Bertz CT molecular complexity index is 1660. The summed E-state index contributed by atoms with van der Waals surface area (Å²) in [5, 5.41) is 11.1. The lowest BCUT2D eigenvalue weighted by Crippen LogP contribution is -2.30. The first-order valence-corrected chi connectivity index (χ1v) is 11.8. The number of nitrogens with zero attached hydrogens (tertiary/aromatic N) is 5. The van der Waals surface area contributed by atoms with E-state index in [1.54, 1.807) is 7.05 Å². The van der Waals surface area contributed by atoms with Crippen LogP contribution >= 0.6 is 11.6 Å². The van der Waals surface area contributed by atoms with Crippen molar-refractivity contribution in [3.8, 4) is 11.1 Å². The fourth-order valence-corrected chi connectivity index (χ4v) is 4.16. The van der Waals surface area contributed by atoms with Gasteiger partial charge in [-0.25, -0.2) is 14.2 Å². The SMILES string of the molecule is CNc1ncc2cc(-c3cc(NC(=O)Nc4cnn(C(C)(C)C)c4C(F)(F)F)c(F)cc3Cl)c(=O)n(C)c2n1. The number of aromatic nitrogens is 5. The van der Waals surface area contributed by atoms with Gasteiger partial charge in [-0.3, -0.25) is 14.0 Å². The van der Waals surface area contributed by atoms with E-state index >= 15 is 0 Å². The summed E-state index contributed by atoms with van der Waals surface area (Å²) in [4.78, 5) is 34.2. The standard InChI is InChI=1S/C24H23ClF4N8O2/c1-23(2,3)37-18(24(27,28)29)17(10-32-37)34-22(39)33-16-7-12(14(25)8-15(16)26)13-6-11-9-31-21(30-4)35-19(11)36(5)20(13)38/h6-10H,1-5H3,(H,30,31,35)(H2,33,34,39). The molecule has 10 nitrogen and oxygen atoms in total. The maximum Gasteiger partial charge on any atom is 0.435 e. The van der Waals surface area contributed by atoms with E-state index in [2.05, 4.69) is 31.0 Å². The number of aryl methyl sites for hydroxylation is 1. The van der Waals surface area contributed by atoms with E-state index in [-0.39, 0.29) is 16.1 Å². The minimum absolute atomic E-state index is 0.0603. The van der Waals surface area contributed by atoms with E-state index in [0.29, 0.717) is 17.0 Å². The lowest BCUT2D eigenvalue weighted by atomic mass is 10.0. The van der Waals surface area contributed by atoms with Gasteiger partial charge in [-0.1, -0.05) is 11.6 Å². The van der Waals surface area contributed by atoms with Crippen LogP contribution < -0.4 is 21.5 Å². The van der Waals surface area contributed by atoms with E-state index in [1.165, 1.54) is 44.6 Å². The second kappa shape index (κ2) is 9.84. The van der Waals surface area contributed by atoms with E-state index in [9.17, 15) is 27.2 Å². The first kappa shape index (κ1) is 27.8. The third kappa shape index (κ3) is 5.37. The third-order valence-corrected chi connectivity index (χ3v) is 6.00. The molecule has 39 heavy (non-hydrogen) atoms. The Morgan fingerprint density at radius 1 is 1.03 bits per heavy atom. The smallest absolute Gasteiger partial charge is 0.357 e. The topological polar surface area (TPSA) is 119 Å². The van der Waals surface area contributed by atoms with Gasteiger partial charge in [0, 0.05) is 36.8 Å². The molecule has 4 rings (SSSR count). The van der Waals surface area contributed by atoms with Gasteiger partial charge in [0.1, 0.15) is 11.5 Å². The zero-order valence-corrected chi connectivity index (χ0v) is 22.1. The number of anilines is 3. The summed E-state index contributed by atoms with van der Waals surface area (Å²) in [5.74, 6) is -0.677. The van der Waals surface area contributed by atoms with Crippen molar-refractivity contribution in [1.29, 1.82) is 0 Å². The molecule has 0 atom stereocenters. The minimum atomic E-state index is -4.83. The normalized spacial score (nSPS) is 12.1. The zero-order chi connectivity index (χ0) is 28.9. The molecular weight excluding hydrogens is 544 g/mol. The van der Waals surface area contributed by atoms with Crippen LogP contribution in [0.2, 0.25) is 5.02 Å². The Morgan fingerprint density at radius 3 is 2.31 bits per heavy atom.